The number of morpholine rings is 1. The van der Waals surface area contributed by atoms with E-state index in [1.807, 2.05) is 0 Å². The third-order valence-corrected chi connectivity index (χ3v) is 9.25. The van der Waals surface area contributed by atoms with Crippen LogP contribution in [0.15, 0.2) is 53.8 Å². The summed E-state index contributed by atoms with van der Waals surface area (Å²) in [4.78, 5) is 10.2. The molecule has 0 radical (unpaired) electrons. The normalized spacial score (nSPS) is 23.0. The van der Waals surface area contributed by atoms with Crippen molar-refractivity contribution >= 4 is 22.3 Å². The molecule has 0 atom stereocenters. The summed E-state index contributed by atoms with van der Waals surface area (Å²) < 4.78 is 8.05. The maximum absolute atomic E-state index is 6.95. The summed E-state index contributed by atoms with van der Waals surface area (Å²) in [5.41, 5.74) is 14.3. The second-order valence-corrected chi connectivity index (χ2v) is 12.1. The molecule has 222 valence electrons. The number of piperazine rings is 1. The van der Waals surface area contributed by atoms with Crippen LogP contribution >= 0.6 is 0 Å². The lowest BCUT2D eigenvalue weighted by molar-refractivity contribution is 0.0367. The fraction of sp³-hybridized carbons (Fsp3) is 0.576. The van der Waals surface area contributed by atoms with Gasteiger partial charge in [0.05, 0.1) is 35.8 Å². The Bertz CT molecular complexity index is 1260. The van der Waals surface area contributed by atoms with Crippen LogP contribution in [0.25, 0.3) is 16.6 Å². The van der Waals surface area contributed by atoms with E-state index in [2.05, 4.69) is 79.0 Å². The van der Waals surface area contributed by atoms with Crippen LogP contribution in [0.2, 0.25) is 0 Å². The second kappa shape index (κ2) is 13.5. The van der Waals surface area contributed by atoms with Crippen LogP contribution < -0.4 is 11.1 Å². The van der Waals surface area contributed by atoms with Crippen molar-refractivity contribution in [2.24, 2.45) is 0 Å². The van der Waals surface area contributed by atoms with Crippen molar-refractivity contribution in [1.82, 2.24) is 29.5 Å². The van der Waals surface area contributed by atoms with Crippen LogP contribution in [0.1, 0.15) is 31.4 Å². The SMILES string of the molecule is CN1CCN(CCCNC2=CC/C(=C3\c4c(N)c5ccccc5n4CCCN3CCCN3CCOCC3)C=C2)CC1. The van der Waals surface area contributed by atoms with E-state index in [4.69, 9.17) is 10.5 Å². The lowest BCUT2D eigenvalue weighted by Gasteiger charge is -2.32. The number of rotatable bonds is 9. The topological polar surface area (TPSA) is 65.2 Å². The van der Waals surface area contributed by atoms with Crippen LogP contribution in [-0.4, -0.2) is 116 Å². The predicted molar refractivity (Wildman–Crippen MR) is 170 cm³/mol. The van der Waals surface area contributed by atoms with Crippen molar-refractivity contribution in [3.05, 3.63) is 59.5 Å². The summed E-state index contributed by atoms with van der Waals surface area (Å²) in [6.45, 7) is 15.0. The first-order valence-corrected chi connectivity index (χ1v) is 15.9. The molecule has 8 nitrogen and oxygen atoms in total. The summed E-state index contributed by atoms with van der Waals surface area (Å²) in [6, 6.07) is 8.65. The molecule has 3 N–H and O–H groups in total. The van der Waals surface area contributed by atoms with Crippen molar-refractivity contribution in [2.75, 3.05) is 98.0 Å². The summed E-state index contributed by atoms with van der Waals surface area (Å²) in [7, 11) is 2.22. The van der Waals surface area contributed by atoms with Crippen LogP contribution in [0.3, 0.4) is 0 Å². The molecule has 0 spiro atoms. The zero-order valence-corrected chi connectivity index (χ0v) is 25.0. The number of anilines is 1. The van der Waals surface area contributed by atoms with Gasteiger partial charge in [-0.2, -0.15) is 0 Å². The van der Waals surface area contributed by atoms with Gasteiger partial charge in [0.15, 0.2) is 0 Å². The number of ether oxygens (including phenoxy) is 1. The molecule has 1 aromatic carbocycles. The maximum Gasteiger partial charge on any atom is 0.0892 e. The quantitative estimate of drug-likeness (QED) is 0.457. The van der Waals surface area contributed by atoms with Gasteiger partial charge in [-0.1, -0.05) is 30.4 Å². The van der Waals surface area contributed by atoms with Gasteiger partial charge in [0, 0.05) is 83.1 Å². The van der Waals surface area contributed by atoms with E-state index in [9.17, 15) is 0 Å². The molecule has 0 amide bonds. The number of aryl methyl sites for hydroxylation is 1. The Morgan fingerprint density at radius 1 is 0.854 bits per heavy atom. The molecule has 2 saturated heterocycles. The Balaban J connectivity index is 1.17. The molecular weight excluding hydrogens is 510 g/mol. The molecule has 2 aromatic rings. The number of allylic oxidation sites excluding steroid dienone is 4. The summed E-state index contributed by atoms with van der Waals surface area (Å²) in [5.74, 6) is 0. The number of likely N-dealkylation sites (N-methyl/N-ethyl adjacent to an activating group) is 1. The van der Waals surface area contributed by atoms with E-state index < -0.39 is 0 Å². The van der Waals surface area contributed by atoms with Crippen LogP contribution in [0.5, 0.6) is 0 Å². The van der Waals surface area contributed by atoms with Gasteiger partial charge in [0.2, 0.25) is 0 Å². The fourth-order valence-electron chi connectivity index (χ4n) is 6.85. The molecule has 8 heteroatoms. The number of nitrogens with two attached hydrogens (primary N) is 1. The molecule has 0 bridgehead atoms. The van der Waals surface area contributed by atoms with Crippen LogP contribution in [0, 0.1) is 0 Å². The maximum atomic E-state index is 6.95. The smallest absolute Gasteiger partial charge is 0.0892 e. The highest BCUT2D eigenvalue weighted by Gasteiger charge is 2.27. The third kappa shape index (κ3) is 6.67. The monoisotopic (exact) mass is 559 g/mol. The average Bonchev–Trinajstić information content (AvgIpc) is 3.15. The summed E-state index contributed by atoms with van der Waals surface area (Å²) in [5, 5.41) is 4.87. The molecular formula is C33H49N7O. The number of benzene rings is 1. The fourth-order valence-corrected chi connectivity index (χ4v) is 6.85. The lowest BCUT2D eigenvalue weighted by Crippen LogP contribution is -2.45. The number of nitrogen functional groups attached to an aromatic ring is 1. The Morgan fingerprint density at radius 3 is 2.44 bits per heavy atom. The van der Waals surface area contributed by atoms with E-state index in [1.165, 1.54) is 72.7 Å². The van der Waals surface area contributed by atoms with Gasteiger partial charge in [-0.15, -0.1) is 0 Å². The third-order valence-electron chi connectivity index (χ3n) is 9.25. The van der Waals surface area contributed by atoms with E-state index in [0.29, 0.717) is 0 Å². The molecule has 41 heavy (non-hydrogen) atoms. The van der Waals surface area contributed by atoms with Crippen LogP contribution in [-0.2, 0) is 11.3 Å². The highest BCUT2D eigenvalue weighted by molar-refractivity contribution is 5.99. The zero-order chi connectivity index (χ0) is 28.0. The number of hydrogen-bond acceptors (Lipinski definition) is 7. The number of hydrogen-bond donors (Lipinski definition) is 2. The second-order valence-electron chi connectivity index (χ2n) is 12.1. The van der Waals surface area contributed by atoms with E-state index in [-0.39, 0.29) is 0 Å². The van der Waals surface area contributed by atoms with Crippen molar-refractivity contribution in [1.29, 1.82) is 0 Å². The standard InChI is InChI=1S/C33H49N7O/c1-36-19-21-37(22-20-36)14-4-13-35-28-11-9-27(10-12-28)32-33-31(34)29-7-2-3-8-30(29)40(33)18-6-17-39(32)16-5-15-38-23-25-41-26-24-38/h2-3,7-9,11-12,35H,4-6,10,13-26,34H2,1H3/b32-27+. The van der Waals surface area contributed by atoms with Gasteiger partial charge in [-0.05, 0) is 57.0 Å². The highest BCUT2D eigenvalue weighted by Crippen LogP contribution is 2.40. The summed E-state index contributed by atoms with van der Waals surface area (Å²) in [6.07, 6.45) is 11.4. The Hall–Kier alpha value is -2.78. The Labute approximate surface area is 246 Å². The van der Waals surface area contributed by atoms with Gasteiger partial charge in [-0.25, -0.2) is 0 Å². The average molecular weight is 560 g/mol. The molecule has 2 fully saturated rings. The lowest BCUT2D eigenvalue weighted by atomic mass is 10.00. The summed E-state index contributed by atoms with van der Waals surface area (Å²) >= 11 is 0. The number of aromatic nitrogens is 1. The molecule has 1 aromatic heterocycles. The van der Waals surface area contributed by atoms with Gasteiger partial charge < -0.3 is 35.1 Å². The van der Waals surface area contributed by atoms with E-state index in [0.717, 1.165) is 84.0 Å². The molecule has 0 saturated carbocycles. The predicted octanol–water partition coefficient (Wildman–Crippen LogP) is 3.43. The number of para-hydroxylation sites is 1. The Morgan fingerprint density at radius 2 is 1.63 bits per heavy atom. The van der Waals surface area contributed by atoms with Gasteiger partial charge in [0.25, 0.3) is 0 Å². The van der Waals surface area contributed by atoms with E-state index in [1.54, 1.807) is 0 Å². The van der Waals surface area contributed by atoms with E-state index >= 15 is 0 Å². The molecule has 4 aliphatic rings. The first kappa shape index (κ1) is 28.3. The van der Waals surface area contributed by atoms with Crippen molar-refractivity contribution < 1.29 is 4.74 Å². The van der Waals surface area contributed by atoms with Gasteiger partial charge in [-0.3, -0.25) is 4.90 Å². The first-order chi connectivity index (χ1) is 20.2. The number of nitrogens with one attached hydrogen (secondary N) is 1. The van der Waals surface area contributed by atoms with Crippen molar-refractivity contribution in [3.63, 3.8) is 0 Å². The van der Waals surface area contributed by atoms with Gasteiger partial charge in [0.1, 0.15) is 0 Å². The number of nitrogens with zero attached hydrogens (tertiary/aromatic N) is 5. The van der Waals surface area contributed by atoms with Gasteiger partial charge >= 0.3 is 0 Å². The molecule has 3 aliphatic heterocycles. The molecule has 1 aliphatic carbocycles. The van der Waals surface area contributed by atoms with Crippen LogP contribution in [0.4, 0.5) is 5.69 Å². The highest BCUT2D eigenvalue weighted by atomic mass is 16.5. The minimum Gasteiger partial charge on any atom is -0.396 e. The van der Waals surface area contributed by atoms with Crippen molar-refractivity contribution in [3.8, 4) is 0 Å². The molecule has 4 heterocycles. The Kier molecular flexibility index (Phi) is 9.31. The molecule has 0 unspecified atom stereocenters. The van der Waals surface area contributed by atoms with Crippen molar-refractivity contribution in [2.45, 2.75) is 32.2 Å². The largest absolute Gasteiger partial charge is 0.396 e. The minimum atomic E-state index is 0.860. The first-order valence-electron chi connectivity index (χ1n) is 15.9. The number of fused-ring (bicyclic) bond motifs is 3. The molecule has 6 rings (SSSR count). The zero-order valence-electron chi connectivity index (χ0n) is 25.0. The minimum absolute atomic E-state index is 0.860.